The Labute approximate surface area is 421 Å². The molecule has 0 radical (unpaired) electrons. The zero-order valence-electron chi connectivity index (χ0n) is 45.0. The molecule has 0 aromatic rings. The zero-order valence-corrected chi connectivity index (χ0v) is 45.0. The standard InChI is InChI=1S/C62H111NO5/c1-4-7-10-13-16-19-22-25-28-30-33-36-39-42-45-48-51-54-60(65)59(57-64)63-61(66)56-58(53-50-47-44-41-38-35-32-27-24-21-18-15-12-9-6-3)68-62(67)55-52-49-46-43-40-37-34-31-29-26-23-20-17-14-11-8-5-2/h9,12,18,21,26-27,29,32,38,41,47,50,58-60,64-65H,4-8,10-11,13-17,19-20,22-25,28,30-31,33-37,39-40,42-46,48-49,51-57H2,1-3H3,(H,63,66)/b12-9-,21-18-,29-26+,32-27-,41-38-,50-47-. The summed E-state index contributed by atoms with van der Waals surface area (Å²) in [6, 6.07) is -0.736. The number of esters is 1. The fraction of sp³-hybridized carbons (Fsp3) is 0.774. The first-order valence-electron chi connectivity index (χ1n) is 29.2. The van der Waals surface area contributed by atoms with Crippen molar-refractivity contribution in [2.45, 2.75) is 302 Å². The molecule has 6 heteroatoms. The number of nitrogens with one attached hydrogen (secondary N) is 1. The first kappa shape index (κ1) is 65.3. The largest absolute Gasteiger partial charge is 0.461 e. The summed E-state index contributed by atoms with van der Waals surface area (Å²) in [5, 5.41) is 23.9. The molecule has 0 rings (SSSR count). The maximum atomic E-state index is 13.3. The van der Waals surface area contributed by atoms with Gasteiger partial charge in [-0.3, -0.25) is 9.59 Å². The van der Waals surface area contributed by atoms with Gasteiger partial charge in [0.1, 0.15) is 6.10 Å². The molecule has 0 aromatic carbocycles. The van der Waals surface area contributed by atoms with Crippen LogP contribution in [-0.2, 0) is 14.3 Å². The number of rotatable bonds is 52. The Hall–Kier alpha value is -2.70. The molecule has 0 aromatic heterocycles. The Morgan fingerprint density at radius 3 is 1.24 bits per heavy atom. The summed E-state index contributed by atoms with van der Waals surface area (Å²) in [5.41, 5.74) is 0. The van der Waals surface area contributed by atoms with Crippen LogP contribution in [0.4, 0.5) is 0 Å². The Bertz CT molecular complexity index is 1250. The smallest absolute Gasteiger partial charge is 0.306 e. The molecule has 0 aliphatic rings. The summed E-state index contributed by atoms with van der Waals surface area (Å²) in [6.45, 7) is 6.36. The normalized spacial score (nSPS) is 13.7. The molecule has 0 fully saturated rings. The Morgan fingerprint density at radius 1 is 0.456 bits per heavy atom. The fourth-order valence-corrected chi connectivity index (χ4v) is 8.63. The molecule has 0 spiro atoms. The average molecular weight is 951 g/mol. The van der Waals surface area contributed by atoms with Crippen LogP contribution in [0.5, 0.6) is 0 Å². The molecule has 3 unspecified atom stereocenters. The number of aliphatic hydroxyl groups excluding tert-OH is 2. The van der Waals surface area contributed by atoms with E-state index < -0.39 is 18.2 Å². The van der Waals surface area contributed by atoms with E-state index in [0.717, 1.165) is 70.6 Å². The second kappa shape index (κ2) is 55.2. The molecule has 0 aliphatic heterocycles. The van der Waals surface area contributed by atoms with Crippen molar-refractivity contribution in [2.24, 2.45) is 0 Å². The van der Waals surface area contributed by atoms with E-state index in [1.54, 1.807) is 0 Å². The van der Waals surface area contributed by atoms with Gasteiger partial charge in [-0.2, -0.15) is 0 Å². The van der Waals surface area contributed by atoms with E-state index >= 15 is 0 Å². The SMILES string of the molecule is CC/C=C\C/C=C\C/C=C\C/C=C\C/C=C\CC(CC(=O)NC(CO)C(O)CCCCCCCCCCCCCCCCCCC)OC(=O)CCCCCCCCC/C=C/CCCCCCCC. The third kappa shape index (κ3) is 49.7. The predicted molar refractivity (Wildman–Crippen MR) is 296 cm³/mol. The molecule has 394 valence electrons. The number of hydrogen-bond donors (Lipinski definition) is 3. The maximum absolute atomic E-state index is 13.3. The molecule has 68 heavy (non-hydrogen) atoms. The van der Waals surface area contributed by atoms with Crippen LogP contribution in [0, 0.1) is 0 Å². The lowest BCUT2D eigenvalue weighted by Gasteiger charge is -2.24. The molecule has 0 bridgehead atoms. The molecular weight excluding hydrogens is 839 g/mol. The van der Waals surface area contributed by atoms with Gasteiger partial charge in [0.05, 0.1) is 25.2 Å². The summed E-state index contributed by atoms with van der Waals surface area (Å²) in [4.78, 5) is 26.2. The summed E-state index contributed by atoms with van der Waals surface area (Å²) in [6.07, 6.45) is 71.3. The minimum atomic E-state index is -0.816. The summed E-state index contributed by atoms with van der Waals surface area (Å²) >= 11 is 0. The van der Waals surface area contributed by atoms with Crippen molar-refractivity contribution in [1.29, 1.82) is 0 Å². The number of allylic oxidation sites excluding steroid dienone is 11. The van der Waals surface area contributed by atoms with Crippen molar-refractivity contribution in [3.05, 3.63) is 72.9 Å². The van der Waals surface area contributed by atoms with E-state index in [9.17, 15) is 19.8 Å². The second-order valence-electron chi connectivity index (χ2n) is 19.7. The number of unbranched alkanes of at least 4 members (excludes halogenated alkanes) is 29. The van der Waals surface area contributed by atoms with Crippen molar-refractivity contribution < 1.29 is 24.5 Å². The minimum absolute atomic E-state index is 0.00334. The van der Waals surface area contributed by atoms with Gasteiger partial charge in [0, 0.05) is 12.8 Å². The highest BCUT2D eigenvalue weighted by Crippen LogP contribution is 2.17. The first-order chi connectivity index (χ1) is 33.5. The highest BCUT2D eigenvalue weighted by Gasteiger charge is 2.23. The fourth-order valence-electron chi connectivity index (χ4n) is 8.63. The van der Waals surface area contributed by atoms with Gasteiger partial charge in [0.25, 0.3) is 0 Å². The highest BCUT2D eigenvalue weighted by molar-refractivity contribution is 5.77. The van der Waals surface area contributed by atoms with Gasteiger partial charge in [-0.25, -0.2) is 0 Å². The maximum Gasteiger partial charge on any atom is 0.306 e. The van der Waals surface area contributed by atoms with Crippen molar-refractivity contribution in [3.63, 3.8) is 0 Å². The summed E-state index contributed by atoms with van der Waals surface area (Å²) < 4.78 is 5.89. The van der Waals surface area contributed by atoms with Gasteiger partial charge in [0.2, 0.25) is 5.91 Å². The number of aliphatic hydroxyl groups is 2. The van der Waals surface area contributed by atoms with E-state index in [2.05, 4.69) is 92.9 Å². The van der Waals surface area contributed by atoms with Gasteiger partial charge < -0.3 is 20.3 Å². The molecule has 0 saturated carbocycles. The molecule has 1 amide bonds. The van der Waals surface area contributed by atoms with Crippen LogP contribution in [0.1, 0.15) is 284 Å². The summed E-state index contributed by atoms with van der Waals surface area (Å²) in [5.74, 6) is -0.579. The van der Waals surface area contributed by atoms with Crippen molar-refractivity contribution in [3.8, 4) is 0 Å². The van der Waals surface area contributed by atoms with Gasteiger partial charge >= 0.3 is 5.97 Å². The molecule has 3 atom stereocenters. The van der Waals surface area contributed by atoms with E-state index in [1.165, 1.54) is 167 Å². The lowest BCUT2D eigenvalue weighted by atomic mass is 10.0. The lowest BCUT2D eigenvalue weighted by molar-refractivity contribution is -0.150. The van der Waals surface area contributed by atoms with E-state index in [0.29, 0.717) is 19.3 Å². The molecule has 6 nitrogen and oxygen atoms in total. The predicted octanol–water partition coefficient (Wildman–Crippen LogP) is 18.1. The van der Waals surface area contributed by atoms with Gasteiger partial charge in [-0.1, -0.05) is 267 Å². The number of carbonyl (C=O) groups excluding carboxylic acids is 2. The van der Waals surface area contributed by atoms with Crippen molar-refractivity contribution >= 4 is 11.9 Å². The number of hydrogen-bond acceptors (Lipinski definition) is 5. The molecule has 0 aliphatic carbocycles. The van der Waals surface area contributed by atoms with Crippen LogP contribution in [0.15, 0.2) is 72.9 Å². The van der Waals surface area contributed by atoms with Gasteiger partial charge in [-0.15, -0.1) is 0 Å². The third-order valence-corrected chi connectivity index (χ3v) is 13.0. The quantitative estimate of drug-likeness (QED) is 0.0321. The molecular formula is C62H111NO5. The minimum Gasteiger partial charge on any atom is -0.461 e. The van der Waals surface area contributed by atoms with Crippen molar-refractivity contribution in [1.82, 2.24) is 5.32 Å². The highest BCUT2D eigenvalue weighted by atomic mass is 16.5. The lowest BCUT2D eigenvalue weighted by Crippen LogP contribution is -2.46. The van der Waals surface area contributed by atoms with Crippen LogP contribution in [0.25, 0.3) is 0 Å². The molecule has 3 N–H and O–H groups in total. The summed E-state index contributed by atoms with van der Waals surface area (Å²) in [7, 11) is 0. The first-order valence-corrected chi connectivity index (χ1v) is 29.2. The van der Waals surface area contributed by atoms with Crippen LogP contribution in [-0.4, -0.2) is 46.9 Å². The number of carbonyl (C=O) groups is 2. The molecule has 0 saturated heterocycles. The Morgan fingerprint density at radius 2 is 0.824 bits per heavy atom. The monoisotopic (exact) mass is 950 g/mol. The molecule has 0 heterocycles. The van der Waals surface area contributed by atoms with Crippen LogP contribution >= 0.6 is 0 Å². The van der Waals surface area contributed by atoms with Crippen LogP contribution in [0.2, 0.25) is 0 Å². The van der Waals surface area contributed by atoms with Crippen LogP contribution < -0.4 is 5.32 Å². The van der Waals surface area contributed by atoms with Crippen molar-refractivity contribution in [2.75, 3.05) is 6.61 Å². The number of ether oxygens (including phenoxy) is 1. The van der Waals surface area contributed by atoms with Gasteiger partial charge in [0.15, 0.2) is 0 Å². The Balaban J connectivity index is 4.64. The Kier molecular flexibility index (Phi) is 53.0. The van der Waals surface area contributed by atoms with E-state index in [1.807, 2.05) is 6.08 Å². The second-order valence-corrected chi connectivity index (χ2v) is 19.7. The van der Waals surface area contributed by atoms with Crippen LogP contribution in [0.3, 0.4) is 0 Å². The number of amides is 1. The topological polar surface area (TPSA) is 95.9 Å². The van der Waals surface area contributed by atoms with E-state index in [4.69, 9.17) is 4.74 Å². The average Bonchev–Trinajstić information content (AvgIpc) is 3.33. The van der Waals surface area contributed by atoms with E-state index in [-0.39, 0.29) is 24.9 Å². The third-order valence-electron chi connectivity index (χ3n) is 13.0. The van der Waals surface area contributed by atoms with Gasteiger partial charge in [-0.05, 0) is 70.6 Å². The zero-order chi connectivity index (χ0) is 49.5.